The van der Waals surface area contributed by atoms with Crippen molar-refractivity contribution in [3.63, 3.8) is 0 Å². The highest BCUT2D eigenvalue weighted by atomic mass is 19.1. The molecule has 1 aromatic carbocycles. The van der Waals surface area contributed by atoms with Crippen LogP contribution in [0.3, 0.4) is 0 Å². The van der Waals surface area contributed by atoms with E-state index in [0.29, 0.717) is 5.69 Å². The molecule has 0 radical (unpaired) electrons. The van der Waals surface area contributed by atoms with E-state index in [-0.39, 0.29) is 11.2 Å². The fourth-order valence-electron chi connectivity index (χ4n) is 2.31. The van der Waals surface area contributed by atoms with E-state index in [4.69, 9.17) is 0 Å². The quantitative estimate of drug-likeness (QED) is 0.636. The van der Waals surface area contributed by atoms with E-state index >= 15 is 0 Å². The Morgan fingerprint density at radius 1 is 1.04 bits per heavy atom. The van der Waals surface area contributed by atoms with E-state index in [1.807, 2.05) is 18.5 Å². The van der Waals surface area contributed by atoms with Gasteiger partial charge in [0.2, 0.25) is 0 Å². The Morgan fingerprint density at radius 2 is 1.78 bits per heavy atom. The second-order valence-electron chi connectivity index (χ2n) is 6.73. The molecule has 116 valence electrons. The molecule has 0 saturated heterocycles. The second kappa shape index (κ2) is 5.85. The van der Waals surface area contributed by atoms with Crippen molar-refractivity contribution < 1.29 is 4.39 Å². The number of halogens is 1. The summed E-state index contributed by atoms with van der Waals surface area (Å²) in [5, 5.41) is 0. The molecular weight excluding hydrogens is 289 g/mol. The minimum Gasteiger partial charge on any atom is -0.315 e. The number of hydrogen-bond donors (Lipinski definition) is 0. The highest BCUT2D eigenvalue weighted by molar-refractivity contribution is 5.71. The van der Waals surface area contributed by atoms with E-state index in [9.17, 15) is 4.39 Å². The van der Waals surface area contributed by atoms with Gasteiger partial charge in [-0.15, -0.1) is 0 Å². The average Bonchev–Trinajstić information content (AvgIpc) is 2.87. The molecule has 0 atom stereocenters. The van der Waals surface area contributed by atoms with Crippen molar-refractivity contribution in [1.82, 2.24) is 14.5 Å². The molecule has 0 amide bonds. The molecular formula is C19H18FN3. The molecule has 0 unspecified atom stereocenters. The van der Waals surface area contributed by atoms with Gasteiger partial charge in [-0.1, -0.05) is 26.7 Å². The Morgan fingerprint density at radius 3 is 2.48 bits per heavy atom. The van der Waals surface area contributed by atoms with Crippen LogP contribution in [0.4, 0.5) is 4.39 Å². The van der Waals surface area contributed by atoms with E-state index < -0.39 is 0 Å². The van der Waals surface area contributed by atoms with Crippen LogP contribution >= 0.6 is 0 Å². The van der Waals surface area contributed by atoms with Gasteiger partial charge >= 0.3 is 0 Å². The Hall–Kier alpha value is -2.67. The molecule has 23 heavy (non-hydrogen) atoms. The number of pyridine rings is 1. The normalized spacial score (nSPS) is 11.3. The fourth-order valence-corrected chi connectivity index (χ4v) is 2.31. The number of hydrogen-bond acceptors (Lipinski definition) is 2. The van der Waals surface area contributed by atoms with Crippen LogP contribution in [0.1, 0.15) is 32.0 Å². The molecule has 2 heterocycles. The van der Waals surface area contributed by atoms with Crippen LogP contribution in [0, 0.1) is 23.1 Å². The van der Waals surface area contributed by atoms with Crippen molar-refractivity contribution in [2.45, 2.75) is 27.3 Å². The number of aromatic nitrogens is 3. The van der Waals surface area contributed by atoms with Gasteiger partial charge < -0.3 is 4.57 Å². The van der Waals surface area contributed by atoms with Crippen LogP contribution in [0.2, 0.25) is 0 Å². The molecule has 0 bridgehead atoms. The molecule has 2 aromatic heterocycles. The lowest BCUT2D eigenvalue weighted by Gasteiger charge is -2.18. The zero-order valence-electron chi connectivity index (χ0n) is 13.5. The van der Waals surface area contributed by atoms with Crippen LogP contribution in [0.5, 0.6) is 0 Å². The van der Waals surface area contributed by atoms with Gasteiger partial charge in [0.15, 0.2) is 5.65 Å². The van der Waals surface area contributed by atoms with Crippen molar-refractivity contribution in [2.24, 2.45) is 5.41 Å². The predicted octanol–water partition coefficient (Wildman–Crippen LogP) is 4.02. The molecule has 0 saturated carbocycles. The van der Waals surface area contributed by atoms with Crippen LogP contribution in [-0.4, -0.2) is 14.5 Å². The number of nitrogens with zero attached hydrogens (tertiary/aromatic N) is 3. The molecule has 3 nitrogen and oxygen atoms in total. The Labute approximate surface area is 135 Å². The van der Waals surface area contributed by atoms with Crippen molar-refractivity contribution in [2.75, 3.05) is 0 Å². The molecule has 3 aromatic rings. The summed E-state index contributed by atoms with van der Waals surface area (Å²) in [6.45, 7) is 7.37. The summed E-state index contributed by atoms with van der Waals surface area (Å²) in [4.78, 5) is 8.99. The van der Waals surface area contributed by atoms with E-state index in [1.165, 1.54) is 12.1 Å². The number of imidazole rings is 1. The van der Waals surface area contributed by atoms with Crippen LogP contribution in [0.25, 0.3) is 11.2 Å². The number of fused-ring (bicyclic) bond motifs is 1. The summed E-state index contributed by atoms with van der Waals surface area (Å²) in [7, 11) is 0. The van der Waals surface area contributed by atoms with Crippen molar-refractivity contribution >= 4 is 11.2 Å². The van der Waals surface area contributed by atoms with Crippen LogP contribution in [0.15, 0.2) is 42.7 Å². The van der Waals surface area contributed by atoms with E-state index in [1.54, 1.807) is 12.1 Å². The van der Waals surface area contributed by atoms with Gasteiger partial charge in [-0.25, -0.2) is 14.4 Å². The third-order valence-corrected chi connectivity index (χ3v) is 3.29. The lowest BCUT2D eigenvalue weighted by atomic mass is 9.97. The first kappa shape index (κ1) is 15.2. The van der Waals surface area contributed by atoms with Gasteiger partial charge in [0.25, 0.3) is 0 Å². The Bertz CT molecular complexity index is 890. The third-order valence-electron chi connectivity index (χ3n) is 3.29. The Balaban J connectivity index is 1.93. The highest BCUT2D eigenvalue weighted by Crippen LogP contribution is 2.19. The summed E-state index contributed by atoms with van der Waals surface area (Å²) >= 11 is 0. The summed E-state index contributed by atoms with van der Waals surface area (Å²) in [5.74, 6) is 5.77. The molecule has 3 rings (SSSR count). The molecule has 4 heteroatoms. The van der Waals surface area contributed by atoms with Gasteiger partial charge in [0, 0.05) is 12.1 Å². The Kier molecular flexibility index (Phi) is 3.87. The zero-order chi connectivity index (χ0) is 16.4. The predicted molar refractivity (Wildman–Crippen MR) is 89.4 cm³/mol. The minimum atomic E-state index is -0.263. The molecule has 0 aliphatic carbocycles. The maximum atomic E-state index is 12.9. The molecule has 0 aliphatic heterocycles. The first-order valence-electron chi connectivity index (χ1n) is 7.50. The SMILES string of the molecule is CC(C)(C)Cn1cnc2ccc(C#Cc3ccc(F)cc3)nc21. The van der Waals surface area contributed by atoms with Gasteiger partial charge in [0.05, 0.1) is 6.33 Å². The second-order valence-corrected chi connectivity index (χ2v) is 6.73. The smallest absolute Gasteiger partial charge is 0.161 e. The number of benzene rings is 1. The maximum Gasteiger partial charge on any atom is 0.161 e. The minimum absolute atomic E-state index is 0.144. The van der Waals surface area contributed by atoms with Gasteiger partial charge in [-0.3, -0.25) is 0 Å². The average molecular weight is 307 g/mol. The molecule has 0 N–H and O–H groups in total. The summed E-state index contributed by atoms with van der Waals surface area (Å²) < 4.78 is 15.0. The lowest BCUT2D eigenvalue weighted by molar-refractivity contribution is 0.347. The van der Waals surface area contributed by atoms with Crippen LogP contribution in [-0.2, 0) is 6.54 Å². The molecule has 0 spiro atoms. The lowest BCUT2D eigenvalue weighted by Crippen LogP contribution is -2.15. The summed E-state index contributed by atoms with van der Waals surface area (Å²) in [6.07, 6.45) is 1.82. The molecule has 0 fully saturated rings. The van der Waals surface area contributed by atoms with E-state index in [0.717, 1.165) is 23.3 Å². The fraction of sp³-hybridized carbons (Fsp3) is 0.263. The van der Waals surface area contributed by atoms with E-state index in [2.05, 4.69) is 47.1 Å². The summed E-state index contributed by atoms with van der Waals surface area (Å²) in [5.41, 5.74) is 3.28. The standard InChI is InChI=1S/C19H18FN3/c1-19(2,3)12-23-13-21-17-11-10-16(22-18(17)23)9-6-14-4-7-15(20)8-5-14/h4-5,7-8,10-11,13H,12H2,1-3H3. The third kappa shape index (κ3) is 3.75. The largest absolute Gasteiger partial charge is 0.315 e. The van der Waals surface area contributed by atoms with Crippen molar-refractivity contribution in [3.8, 4) is 11.8 Å². The van der Waals surface area contributed by atoms with Crippen molar-refractivity contribution in [3.05, 3.63) is 59.8 Å². The zero-order valence-corrected chi connectivity index (χ0v) is 13.5. The van der Waals surface area contributed by atoms with Gasteiger partial charge in [0.1, 0.15) is 17.0 Å². The molecule has 0 aliphatic rings. The first-order chi connectivity index (χ1) is 10.9. The topological polar surface area (TPSA) is 30.7 Å². The number of rotatable bonds is 1. The first-order valence-corrected chi connectivity index (χ1v) is 7.50. The van der Waals surface area contributed by atoms with Crippen LogP contribution < -0.4 is 0 Å². The highest BCUT2D eigenvalue weighted by Gasteiger charge is 2.14. The van der Waals surface area contributed by atoms with Crippen molar-refractivity contribution in [1.29, 1.82) is 0 Å². The monoisotopic (exact) mass is 307 g/mol. The van der Waals surface area contributed by atoms with Gasteiger partial charge in [-0.2, -0.15) is 0 Å². The maximum absolute atomic E-state index is 12.9. The van der Waals surface area contributed by atoms with Gasteiger partial charge in [-0.05, 0) is 47.7 Å². The summed E-state index contributed by atoms with van der Waals surface area (Å²) in [6, 6.07) is 9.90.